The van der Waals surface area contributed by atoms with Crippen LogP contribution in [-0.2, 0) is 17.9 Å². The van der Waals surface area contributed by atoms with Crippen LogP contribution in [0.25, 0.3) is 0 Å². The number of aliphatic imine (C=N–C) groups is 1. The lowest BCUT2D eigenvalue weighted by Gasteiger charge is -2.13. The lowest BCUT2D eigenvalue weighted by atomic mass is 10.1. The Bertz CT molecular complexity index is 792. The van der Waals surface area contributed by atoms with E-state index >= 15 is 0 Å². The zero-order valence-electron chi connectivity index (χ0n) is 17.5. The predicted molar refractivity (Wildman–Crippen MR) is 130 cm³/mol. The quantitative estimate of drug-likeness (QED) is 0.283. The number of amides is 1. The van der Waals surface area contributed by atoms with Gasteiger partial charge in [0.05, 0.1) is 13.7 Å². The van der Waals surface area contributed by atoms with Gasteiger partial charge in [0.2, 0.25) is 5.91 Å². The standard InChI is InChI=1S/C22H30N4O2.HI/c1-5-23-22(25-15-18-8-6-7-9-20(18)28-4)24-14-17-10-12-19(13-11-17)26-21(27)16(2)3;/h6-13,16H,5,14-15H2,1-4H3,(H,26,27)(H2,23,24,25);1H. The molecule has 0 aliphatic rings. The second-order valence-electron chi connectivity index (χ2n) is 6.70. The maximum Gasteiger partial charge on any atom is 0.226 e. The Balaban J connectivity index is 0.00000420. The van der Waals surface area contributed by atoms with E-state index < -0.39 is 0 Å². The number of anilines is 1. The summed E-state index contributed by atoms with van der Waals surface area (Å²) in [5.41, 5.74) is 2.94. The fraction of sp³-hybridized carbons (Fsp3) is 0.364. The van der Waals surface area contributed by atoms with Gasteiger partial charge in [-0.3, -0.25) is 4.79 Å². The molecule has 2 aromatic carbocycles. The second-order valence-corrected chi connectivity index (χ2v) is 6.70. The molecule has 0 bridgehead atoms. The van der Waals surface area contributed by atoms with Crippen LogP contribution in [0.4, 0.5) is 5.69 Å². The summed E-state index contributed by atoms with van der Waals surface area (Å²) in [6, 6.07) is 15.7. The molecule has 0 saturated heterocycles. The summed E-state index contributed by atoms with van der Waals surface area (Å²) in [7, 11) is 1.67. The van der Waals surface area contributed by atoms with Gasteiger partial charge < -0.3 is 20.7 Å². The van der Waals surface area contributed by atoms with Crippen LogP contribution < -0.4 is 20.7 Å². The number of hydrogen-bond donors (Lipinski definition) is 3. The topological polar surface area (TPSA) is 74.8 Å². The van der Waals surface area contributed by atoms with E-state index in [9.17, 15) is 4.79 Å². The van der Waals surface area contributed by atoms with Crippen molar-refractivity contribution in [2.24, 2.45) is 10.9 Å². The van der Waals surface area contributed by atoms with Gasteiger partial charge in [0.1, 0.15) is 5.75 Å². The SMILES string of the molecule is CCNC(=NCc1ccc(NC(=O)C(C)C)cc1)NCc1ccccc1OC.I. The third-order valence-electron chi connectivity index (χ3n) is 4.15. The smallest absolute Gasteiger partial charge is 0.226 e. The Kier molecular flexibility index (Phi) is 11.1. The molecule has 158 valence electrons. The molecule has 0 heterocycles. The van der Waals surface area contributed by atoms with Crippen molar-refractivity contribution in [3.05, 3.63) is 59.7 Å². The molecule has 2 rings (SSSR count). The highest BCUT2D eigenvalue weighted by molar-refractivity contribution is 14.0. The lowest BCUT2D eigenvalue weighted by molar-refractivity contribution is -0.118. The van der Waals surface area contributed by atoms with E-state index in [1.165, 1.54) is 0 Å². The Morgan fingerprint density at radius 1 is 1.07 bits per heavy atom. The summed E-state index contributed by atoms with van der Waals surface area (Å²) < 4.78 is 5.39. The van der Waals surface area contributed by atoms with Gasteiger partial charge >= 0.3 is 0 Å². The third-order valence-corrected chi connectivity index (χ3v) is 4.15. The number of nitrogens with zero attached hydrogens (tertiary/aromatic N) is 1. The maximum atomic E-state index is 11.8. The summed E-state index contributed by atoms with van der Waals surface area (Å²) in [6.45, 7) is 7.72. The minimum atomic E-state index is -0.0405. The minimum Gasteiger partial charge on any atom is -0.496 e. The molecule has 6 nitrogen and oxygen atoms in total. The van der Waals surface area contributed by atoms with Gasteiger partial charge in [0.15, 0.2) is 5.96 Å². The normalized spacial score (nSPS) is 10.9. The van der Waals surface area contributed by atoms with Crippen LogP contribution in [0.2, 0.25) is 0 Å². The molecule has 0 fully saturated rings. The number of nitrogens with one attached hydrogen (secondary N) is 3. The molecular formula is C22H31IN4O2. The van der Waals surface area contributed by atoms with Gasteiger partial charge in [-0.15, -0.1) is 24.0 Å². The first kappa shape index (κ1) is 24.7. The van der Waals surface area contributed by atoms with Crippen LogP contribution in [0.1, 0.15) is 31.9 Å². The fourth-order valence-corrected chi connectivity index (χ4v) is 2.52. The second kappa shape index (κ2) is 13.0. The predicted octanol–water partition coefficient (Wildman–Crippen LogP) is 4.16. The number of rotatable bonds is 8. The molecule has 7 heteroatoms. The highest BCUT2D eigenvalue weighted by Crippen LogP contribution is 2.16. The zero-order valence-corrected chi connectivity index (χ0v) is 19.8. The highest BCUT2D eigenvalue weighted by atomic mass is 127. The van der Waals surface area contributed by atoms with Crippen molar-refractivity contribution in [2.45, 2.75) is 33.9 Å². The molecule has 2 aromatic rings. The van der Waals surface area contributed by atoms with E-state index in [1.807, 2.05) is 69.3 Å². The number of carbonyl (C=O) groups is 1. The zero-order chi connectivity index (χ0) is 20.4. The summed E-state index contributed by atoms with van der Waals surface area (Å²) in [5.74, 6) is 1.57. The summed E-state index contributed by atoms with van der Waals surface area (Å²) in [5, 5.41) is 9.48. The van der Waals surface area contributed by atoms with E-state index in [0.29, 0.717) is 13.1 Å². The van der Waals surface area contributed by atoms with E-state index in [4.69, 9.17) is 4.74 Å². The van der Waals surface area contributed by atoms with E-state index in [0.717, 1.165) is 35.1 Å². The molecule has 1 amide bonds. The van der Waals surface area contributed by atoms with Gasteiger partial charge in [0, 0.05) is 30.3 Å². The Morgan fingerprint density at radius 3 is 2.38 bits per heavy atom. The van der Waals surface area contributed by atoms with Gasteiger partial charge in [-0.1, -0.05) is 44.2 Å². The number of ether oxygens (including phenoxy) is 1. The highest BCUT2D eigenvalue weighted by Gasteiger charge is 2.07. The summed E-state index contributed by atoms with van der Waals surface area (Å²) in [4.78, 5) is 16.4. The fourth-order valence-electron chi connectivity index (χ4n) is 2.52. The van der Waals surface area contributed by atoms with Crippen LogP contribution in [-0.4, -0.2) is 25.5 Å². The largest absolute Gasteiger partial charge is 0.496 e. The van der Waals surface area contributed by atoms with Crippen molar-refractivity contribution in [1.29, 1.82) is 0 Å². The van der Waals surface area contributed by atoms with Crippen molar-refractivity contribution in [3.63, 3.8) is 0 Å². The molecule has 0 aliphatic heterocycles. The van der Waals surface area contributed by atoms with Crippen LogP contribution in [0, 0.1) is 5.92 Å². The van der Waals surface area contributed by atoms with E-state index in [-0.39, 0.29) is 35.8 Å². The Morgan fingerprint density at radius 2 is 1.76 bits per heavy atom. The van der Waals surface area contributed by atoms with Gasteiger partial charge in [0.25, 0.3) is 0 Å². The van der Waals surface area contributed by atoms with Crippen LogP contribution in [0.3, 0.4) is 0 Å². The van der Waals surface area contributed by atoms with Crippen molar-refractivity contribution in [2.75, 3.05) is 19.0 Å². The van der Waals surface area contributed by atoms with Gasteiger partial charge in [-0.2, -0.15) is 0 Å². The molecule has 3 N–H and O–H groups in total. The van der Waals surface area contributed by atoms with Crippen LogP contribution in [0.5, 0.6) is 5.75 Å². The van der Waals surface area contributed by atoms with E-state index in [1.54, 1.807) is 7.11 Å². The number of methoxy groups -OCH3 is 1. The first-order chi connectivity index (χ1) is 13.5. The number of guanidine groups is 1. The molecule has 29 heavy (non-hydrogen) atoms. The van der Waals surface area contributed by atoms with Crippen LogP contribution >= 0.6 is 24.0 Å². The molecule has 0 atom stereocenters. The Hall–Kier alpha value is -2.29. The number of carbonyl (C=O) groups excluding carboxylic acids is 1. The summed E-state index contributed by atoms with van der Waals surface area (Å²) >= 11 is 0. The first-order valence-corrected chi connectivity index (χ1v) is 9.57. The number of benzene rings is 2. The molecular weight excluding hydrogens is 479 g/mol. The number of halogens is 1. The molecule has 0 spiro atoms. The van der Waals surface area contributed by atoms with Crippen molar-refractivity contribution in [3.8, 4) is 5.75 Å². The number of hydrogen-bond acceptors (Lipinski definition) is 3. The van der Waals surface area contributed by atoms with Crippen molar-refractivity contribution >= 4 is 41.5 Å². The maximum absolute atomic E-state index is 11.8. The molecule has 0 unspecified atom stereocenters. The van der Waals surface area contributed by atoms with Gasteiger partial charge in [-0.25, -0.2) is 4.99 Å². The monoisotopic (exact) mass is 510 g/mol. The van der Waals surface area contributed by atoms with Crippen LogP contribution in [0.15, 0.2) is 53.5 Å². The van der Waals surface area contributed by atoms with E-state index in [2.05, 4.69) is 20.9 Å². The molecule has 0 saturated carbocycles. The minimum absolute atomic E-state index is 0. The third kappa shape index (κ3) is 8.31. The summed E-state index contributed by atoms with van der Waals surface area (Å²) in [6.07, 6.45) is 0. The van der Waals surface area contributed by atoms with Crippen molar-refractivity contribution in [1.82, 2.24) is 10.6 Å². The molecule has 0 radical (unpaired) electrons. The Labute approximate surface area is 190 Å². The molecule has 0 aromatic heterocycles. The average molecular weight is 510 g/mol. The number of para-hydroxylation sites is 1. The first-order valence-electron chi connectivity index (χ1n) is 9.57. The lowest BCUT2D eigenvalue weighted by Crippen LogP contribution is -2.36. The van der Waals surface area contributed by atoms with Gasteiger partial charge in [-0.05, 0) is 30.7 Å². The molecule has 0 aliphatic carbocycles. The average Bonchev–Trinajstić information content (AvgIpc) is 2.71. The van der Waals surface area contributed by atoms with Crippen molar-refractivity contribution < 1.29 is 9.53 Å².